The van der Waals surface area contributed by atoms with E-state index in [1.54, 1.807) is 0 Å². The summed E-state index contributed by atoms with van der Waals surface area (Å²) in [5.74, 6) is 1.57. The number of likely N-dealkylation sites (N-methyl/N-ethyl adjacent to an activating group) is 1. The van der Waals surface area contributed by atoms with Gasteiger partial charge in [-0.1, -0.05) is 19.4 Å². The molecule has 2 rings (SSSR count). The number of hydrogen-bond donors (Lipinski definition) is 1. The lowest BCUT2D eigenvalue weighted by Gasteiger charge is -2.37. The Kier molecular flexibility index (Phi) is 7.82. The lowest BCUT2D eigenvalue weighted by atomic mass is 10.0. The normalized spacial score (nSPS) is 17.7. The molecule has 1 heterocycles. The summed E-state index contributed by atoms with van der Waals surface area (Å²) in [5.41, 5.74) is 1.09. The molecule has 1 saturated heterocycles. The largest absolute Gasteiger partial charge is 0.490 e. The van der Waals surface area contributed by atoms with Crippen molar-refractivity contribution in [3.8, 4) is 11.5 Å². The molecule has 1 N–H and O–H groups in total. The third-order valence-electron chi connectivity index (χ3n) is 4.56. The standard InChI is InChI=1S/C19H32N2O3/c1-4-6-13-24-18-8-7-16(14-19(18)23-5-2)17(15-22)21-11-9-20(3)10-12-21/h7-8,14,17,22H,4-6,9-13,15H2,1-3H3. The number of benzene rings is 1. The quantitative estimate of drug-likeness (QED) is 0.702. The third-order valence-corrected chi connectivity index (χ3v) is 4.56. The van der Waals surface area contributed by atoms with Gasteiger partial charge in [0.25, 0.3) is 0 Å². The summed E-state index contributed by atoms with van der Waals surface area (Å²) in [7, 11) is 2.14. The first-order valence-corrected chi connectivity index (χ1v) is 9.12. The Labute approximate surface area is 146 Å². The van der Waals surface area contributed by atoms with Gasteiger partial charge in [-0.2, -0.15) is 0 Å². The molecular formula is C19H32N2O3. The van der Waals surface area contributed by atoms with Gasteiger partial charge in [-0.05, 0) is 38.1 Å². The fraction of sp³-hybridized carbons (Fsp3) is 0.684. The van der Waals surface area contributed by atoms with Crippen molar-refractivity contribution in [1.82, 2.24) is 9.80 Å². The Morgan fingerprint density at radius 2 is 1.83 bits per heavy atom. The van der Waals surface area contributed by atoms with E-state index < -0.39 is 0 Å². The Hall–Kier alpha value is -1.30. The van der Waals surface area contributed by atoms with Crippen LogP contribution in [0.5, 0.6) is 11.5 Å². The lowest BCUT2D eigenvalue weighted by molar-refractivity contribution is 0.0746. The molecule has 0 radical (unpaired) electrons. The van der Waals surface area contributed by atoms with E-state index in [1.807, 2.05) is 19.1 Å². The van der Waals surface area contributed by atoms with E-state index in [9.17, 15) is 5.11 Å². The van der Waals surface area contributed by atoms with Gasteiger partial charge in [0, 0.05) is 26.2 Å². The van der Waals surface area contributed by atoms with Gasteiger partial charge >= 0.3 is 0 Å². The molecule has 0 aromatic heterocycles. The Morgan fingerprint density at radius 1 is 1.08 bits per heavy atom. The van der Waals surface area contributed by atoms with Crippen LogP contribution in [0.2, 0.25) is 0 Å². The molecule has 1 aliphatic rings. The number of ether oxygens (including phenoxy) is 2. The van der Waals surface area contributed by atoms with Gasteiger partial charge in [0.15, 0.2) is 11.5 Å². The molecule has 1 aromatic rings. The van der Waals surface area contributed by atoms with E-state index in [0.29, 0.717) is 13.2 Å². The van der Waals surface area contributed by atoms with Crippen LogP contribution in [-0.2, 0) is 0 Å². The van der Waals surface area contributed by atoms with E-state index in [1.165, 1.54) is 0 Å². The average Bonchev–Trinajstić information content (AvgIpc) is 2.59. The van der Waals surface area contributed by atoms with Gasteiger partial charge in [-0.15, -0.1) is 0 Å². The predicted octanol–water partition coefficient (Wildman–Crippen LogP) is 2.55. The molecule has 0 spiro atoms. The Bertz CT molecular complexity index is 488. The van der Waals surface area contributed by atoms with Crippen molar-refractivity contribution < 1.29 is 14.6 Å². The number of unbranched alkanes of at least 4 members (excludes halogenated alkanes) is 1. The summed E-state index contributed by atoms with van der Waals surface area (Å²) in [6.45, 7) is 9.57. The van der Waals surface area contributed by atoms with Gasteiger partial charge in [0.05, 0.1) is 25.9 Å². The van der Waals surface area contributed by atoms with Crippen molar-refractivity contribution in [3.05, 3.63) is 23.8 Å². The molecule has 0 saturated carbocycles. The lowest BCUT2D eigenvalue weighted by Crippen LogP contribution is -2.46. The maximum atomic E-state index is 9.93. The molecule has 5 nitrogen and oxygen atoms in total. The summed E-state index contributed by atoms with van der Waals surface area (Å²) < 4.78 is 11.6. The van der Waals surface area contributed by atoms with Crippen LogP contribution in [-0.4, -0.2) is 68.0 Å². The smallest absolute Gasteiger partial charge is 0.161 e. The Balaban J connectivity index is 2.13. The Morgan fingerprint density at radius 3 is 2.46 bits per heavy atom. The van der Waals surface area contributed by atoms with Crippen LogP contribution in [0.4, 0.5) is 0 Å². The number of hydrogen-bond acceptors (Lipinski definition) is 5. The summed E-state index contributed by atoms with van der Waals surface area (Å²) in [4.78, 5) is 4.67. The molecule has 1 aliphatic heterocycles. The number of nitrogens with zero attached hydrogens (tertiary/aromatic N) is 2. The molecule has 0 bridgehead atoms. The zero-order chi connectivity index (χ0) is 17.4. The summed E-state index contributed by atoms with van der Waals surface area (Å²) in [5, 5.41) is 9.93. The highest BCUT2D eigenvalue weighted by molar-refractivity contribution is 5.44. The maximum absolute atomic E-state index is 9.93. The van der Waals surface area contributed by atoms with E-state index in [4.69, 9.17) is 9.47 Å². The fourth-order valence-corrected chi connectivity index (χ4v) is 3.01. The van der Waals surface area contributed by atoms with E-state index >= 15 is 0 Å². The highest BCUT2D eigenvalue weighted by Gasteiger charge is 2.24. The van der Waals surface area contributed by atoms with Gasteiger partial charge in [-0.25, -0.2) is 0 Å². The van der Waals surface area contributed by atoms with Crippen LogP contribution in [0.25, 0.3) is 0 Å². The van der Waals surface area contributed by atoms with Gasteiger partial charge in [-0.3, -0.25) is 4.90 Å². The average molecular weight is 336 g/mol. The molecule has 1 atom stereocenters. The molecule has 0 amide bonds. The maximum Gasteiger partial charge on any atom is 0.161 e. The number of aliphatic hydroxyl groups is 1. The number of aliphatic hydroxyl groups excluding tert-OH is 1. The van der Waals surface area contributed by atoms with Crippen molar-refractivity contribution in [2.24, 2.45) is 0 Å². The van der Waals surface area contributed by atoms with E-state index in [2.05, 4.69) is 29.8 Å². The first-order valence-electron chi connectivity index (χ1n) is 9.12. The van der Waals surface area contributed by atoms with Crippen LogP contribution in [0.15, 0.2) is 18.2 Å². The topological polar surface area (TPSA) is 45.2 Å². The molecule has 24 heavy (non-hydrogen) atoms. The molecule has 136 valence electrons. The number of rotatable bonds is 9. The monoisotopic (exact) mass is 336 g/mol. The van der Waals surface area contributed by atoms with Crippen molar-refractivity contribution in [2.75, 3.05) is 53.0 Å². The molecule has 5 heteroatoms. The zero-order valence-electron chi connectivity index (χ0n) is 15.3. The summed E-state index contributed by atoms with van der Waals surface area (Å²) in [6, 6.07) is 6.09. The second-order valence-corrected chi connectivity index (χ2v) is 6.38. The van der Waals surface area contributed by atoms with Crippen molar-refractivity contribution in [3.63, 3.8) is 0 Å². The van der Waals surface area contributed by atoms with Gasteiger partial charge in [0.2, 0.25) is 0 Å². The van der Waals surface area contributed by atoms with E-state index in [0.717, 1.165) is 56.1 Å². The second-order valence-electron chi connectivity index (χ2n) is 6.38. The van der Waals surface area contributed by atoms with Crippen molar-refractivity contribution in [1.29, 1.82) is 0 Å². The number of piperazine rings is 1. The molecule has 1 fully saturated rings. The fourth-order valence-electron chi connectivity index (χ4n) is 3.01. The first-order chi connectivity index (χ1) is 11.7. The highest BCUT2D eigenvalue weighted by Crippen LogP contribution is 2.33. The SMILES string of the molecule is CCCCOc1ccc(C(CO)N2CCN(C)CC2)cc1OCC. The second kappa shape index (κ2) is 9.87. The zero-order valence-corrected chi connectivity index (χ0v) is 15.3. The van der Waals surface area contributed by atoms with Crippen molar-refractivity contribution >= 4 is 0 Å². The van der Waals surface area contributed by atoms with Crippen LogP contribution in [0, 0.1) is 0 Å². The molecule has 1 aromatic carbocycles. The van der Waals surface area contributed by atoms with E-state index in [-0.39, 0.29) is 12.6 Å². The van der Waals surface area contributed by atoms with Crippen LogP contribution < -0.4 is 9.47 Å². The van der Waals surface area contributed by atoms with Crippen LogP contribution in [0.3, 0.4) is 0 Å². The molecule has 1 unspecified atom stereocenters. The van der Waals surface area contributed by atoms with Crippen LogP contribution in [0.1, 0.15) is 38.3 Å². The van der Waals surface area contributed by atoms with Gasteiger partial charge in [0.1, 0.15) is 0 Å². The minimum absolute atomic E-state index is 0.0163. The molecular weight excluding hydrogens is 304 g/mol. The third kappa shape index (κ3) is 5.10. The van der Waals surface area contributed by atoms with Gasteiger partial charge < -0.3 is 19.5 Å². The minimum atomic E-state index is 0.0163. The summed E-state index contributed by atoms with van der Waals surface area (Å²) >= 11 is 0. The minimum Gasteiger partial charge on any atom is -0.490 e. The predicted molar refractivity (Wildman–Crippen MR) is 96.9 cm³/mol. The van der Waals surface area contributed by atoms with Crippen LogP contribution >= 0.6 is 0 Å². The molecule has 0 aliphatic carbocycles. The summed E-state index contributed by atoms with van der Waals surface area (Å²) in [6.07, 6.45) is 2.14. The van der Waals surface area contributed by atoms with Crippen molar-refractivity contribution in [2.45, 2.75) is 32.7 Å². The first kappa shape index (κ1) is 19.0. The highest BCUT2D eigenvalue weighted by atomic mass is 16.5.